The van der Waals surface area contributed by atoms with Gasteiger partial charge in [-0.2, -0.15) is 0 Å². The number of nitrogens with one attached hydrogen (secondary N) is 2. The molecule has 0 unspecified atom stereocenters. The number of amides is 1. The molecule has 3 aromatic rings. The summed E-state index contributed by atoms with van der Waals surface area (Å²) in [7, 11) is -3.99. The summed E-state index contributed by atoms with van der Waals surface area (Å²) in [6.07, 6.45) is 0.124. The molecule has 3 rings (SSSR count). The van der Waals surface area contributed by atoms with Gasteiger partial charge in [-0.05, 0) is 36.4 Å². The van der Waals surface area contributed by atoms with Gasteiger partial charge in [0.2, 0.25) is 5.91 Å². The van der Waals surface area contributed by atoms with Crippen molar-refractivity contribution in [3.8, 4) is 0 Å². The largest absolute Gasteiger partial charge is 0.326 e. The van der Waals surface area contributed by atoms with Crippen molar-refractivity contribution in [2.75, 3.05) is 10.0 Å². The van der Waals surface area contributed by atoms with Gasteiger partial charge in [0, 0.05) is 29.8 Å². The van der Waals surface area contributed by atoms with E-state index in [2.05, 4.69) is 10.0 Å². The number of hydrogen-bond donors (Lipinski definition) is 2. The van der Waals surface area contributed by atoms with Crippen LogP contribution >= 0.6 is 23.2 Å². The highest BCUT2D eigenvalue weighted by Gasteiger charge is 2.21. The average molecular weight is 477 g/mol. The predicted molar refractivity (Wildman–Crippen MR) is 122 cm³/mol. The first kappa shape index (κ1) is 22.8. The maximum Gasteiger partial charge on any atom is 0.264 e. The molecule has 0 heterocycles. The summed E-state index contributed by atoms with van der Waals surface area (Å²) in [5.74, 6) is -0.431. The molecule has 0 aliphatic heterocycles. The predicted octanol–water partition coefficient (Wildman–Crippen LogP) is 5.40. The Labute approximate surface area is 190 Å². The van der Waals surface area contributed by atoms with Gasteiger partial charge in [-0.15, -0.1) is 0 Å². The van der Waals surface area contributed by atoms with Crippen molar-refractivity contribution >= 4 is 56.3 Å². The molecule has 9 heteroatoms. The number of ketones is 1. The number of hydrogen-bond acceptors (Lipinski definition) is 4. The van der Waals surface area contributed by atoms with Crippen LogP contribution in [0.1, 0.15) is 23.2 Å². The zero-order valence-electron chi connectivity index (χ0n) is 16.1. The molecule has 0 atom stereocenters. The van der Waals surface area contributed by atoms with Gasteiger partial charge in [0.25, 0.3) is 10.0 Å². The Balaban J connectivity index is 1.59. The third-order valence-corrected chi connectivity index (χ3v) is 6.62. The Morgan fingerprint density at radius 3 is 1.94 bits per heavy atom. The van der Waals surface area contributed by atoms with Gasteiger partial charge in [0.05, 0.1) is 10.0 Å². The summed E-state index contributed by atoms with van der Waals surface area (Å²) >= 11 is 12.0. The molecule has 0 aliphatic rings. The fourth-order valence-electron chi connectivity index (χ4n) is 2.79. The molecule has 0 spiro atoms. The van der Waals surface area contributed by atoms with Crippen LogP contribution in [-0.4, -0.2) is 20.1 Å². The molecule has 0 radical (unpaired) electrons. The highest BCUT2D eigenvalue weighted by Crippen LogP contribution is 2.30. The first-order valence-corrected chi connectivity index (χ1v) is 11.5. The van der Waals surface area contributed by atoms with Crippen LogP contribution in [0, 0.1) is 0 Å². The molecule has 2 N–H and O–H groups in total. The Morgan fingerprint density at radius 2 is 1.32 bits per heavy atom. The highest BCUT2D eigenvalue weighted by atomic mass is 35.5. The molecule has 31 heavy (non-hydrogen) atoms. The fourth-order valence-corrected chi connectivity index (χ4v) is 4.99. The summed E-state index contributed by atoms with van der Waals surface area (Å²) in [6.45, 7) is 0. The molecule has 0 saturated heterocycles. The summed E-state index contributed by atoms with van der Waals surface area (Å²) in [5, 5.41) is 2.69. The molecule has 6 nitrogen and oxygen atoms in total. The first-order valence-electron chi connectivity index (χ1n) is 9.21. The number of halogens is 2. The Kier molecular flexibility index (Phi) is 7.33. The van der Waals surface area contributed by atoms with Crippen LogP contribution in [-0.2, 0) is 14.8 Å². The number of benzene rings is 3. The fraction of sp³-hybridized carbons (Fsp3) is 0.0909. The average Bonchev–Trinajstić information content (AvgIpc) is 2.73. The van der Waals surface area contributed by atoms with Crippen molar-refractivity contribution in [2.45, 2.75) is 17.7 Å². The van der Waals surface area contributed by atoms with E-state index in [9.17, 15) is 18.0 Å². The quantitative estimate of drug-likeness (QED) is 0.425. The van der Waals surface area contributed by atoms with Crippen molar-refractivity contribution in [2.24, 2.45) is 0 Å². The van der Waals surface area contributed by atoms with Gasteiger partial charge in [-0.1, -0.05) is 59.6 Å². The van der Waals surface area contributed by atoms with Gasteiger partial charge < -0.3 is 5.32 Å². The van der Waals surface area contributed by atoms with E-state index in [1.54, 1.807) is 42.5 Å². The third kappa shape index (κ3) is 6.07. The van der Waals surface area contributed by atoms with Crippen LogP contribution in [0.2, 0.25) is 10.0 Å². The minimum absolute atomic E-state index is 0.00827. The van der Waals surface area contributed by atoms with E-state index < -0.39 is 10.0 Å². The summed E-state index contributed by atoms with van der Waals surface area (Å²) < 4.78 is 27.6. The second kappa shape index (κ2) is 9.96. The number of carbonyl (C=O) groups is 2. The van der Waals surface area contributed by atoms with Gasteiger partial charge >= 0.3 is 0 Å². The Hall–Kier alpha value is -2.87. The highest BCUT2D eigenvalue weighted by molar-refractivity contribution is 7.93. The van der Waals surface area contributed by atoms with E-state index in [0.29, 0.717) is 11.3 Å². The molecular formula is C22H18Cl2N2O4S. The van der Waals surface area contributed by atoms with E-state index in [-0.39, 0.29) is 45.2 Å². The number of rotatable bonds is 8. The lowest BCUT2D eigenvalue weighted by atomic mass is 10.1. The smallest absolute Gasteiger partial charge is 0.264 e. The lowest BCUT2D eigenvalue weighted by Gasteiger charge is -2.12. The van der Waals surface area contributed by atoms with Gasteiger partial charge in [-0.25, -0.2) is 8.42 Å². The number of sulfonamides is 1. The third-order valence-electron chi connectivity index (χ3n) is 4.28. The monoisotopic (exact) mass is 476 g/mol. The summed E-state index contributed by atoms with van der Waals surface area (Å²) in [5.41, 5.74) is 1.30. The normalized spacial score (nSPS) is 11.0. The van der Waals surface area contributed by atoms with E-state index in [4.69, 9.17) is 23.2 Å². The second-order valence-electron chi connectivity index (χ2n) is 6.57. The van der Waals surface area contributed by atoms with Gasteiger partial charge in [-0.3, -0.25) is 14.3 Å². The van der Waals surface area contributed by atoms with E-state index >= 15 is 0 Å². The van der Waals surface area contributed by atoms with Crippen molar-refractivity contribution in [1.29, 1.82) is 0 Å². The van der Waals surface area contributed by atoms with Crippen molar-refractivity contribution < 1.29 is 18.0 Å². The Morgan fingerprint density at radius 1 is 0.742 bits per heavy atom. The Bertz CT molecular complexity index is 1180. The zero-order chi connectivity index (χ0) is 22.4. The van der Waals surface area contributed by atoms with Crippen molar-refractivity contribution in [3.05, 3.63) is 88.4 Å². The van der Waals surface area contributed by atoms with Crippen LogP contribution in [0.25, 0.3) is 0 Å². The molecular weight excluding hydrogens is 459 g/mol. The molecule has 0 saturated carbocycles. The topological polar surface area (TPSA) is 92.3 Å². The van der Waals surface area contributed by atoms with Crippen molar-refractivity contribution in [1.82, 2.24) is 0 Å². The number of carbonyl (C=O) groups excluding carboxylic acids is 2. The van der Waals surface area contributed by atoms with Crippen LogP contribution in [0.3, 0.4) is 0 Å². The van der Waals surface area contributed by atoms with Gasteiger partial charge in [0.1, 0.15) is 4.90 Å². The van der Waals surface area contributed by atoms with E-state index in [0.717, 1.165) is 0 Å². The lowest BCUT2D eigenvalue weighted by Crippen LogP contribution is -2.15. The van der Waals surface area contributed by atoms with Crippen molar-refractivity contribution in [3.63, 3.8) is 0 Å². The molecule has 160 valence electrons. The minimum atomic E-state index is -3.99. The van der Waals surface area contributed by atoms with Crippen LogP contribution < -0.4 is 10.0 Å². The molecule has 3 aromatic carbocycles. The van der Waals surface area contributed by atoms with Gasteiger partial charge in [0.15, 0.2) is 5.78 Å². The zero-order valence-corrected chi connectivity index (χ0v) is 18.5. The first-order chi connectivity index (χ1) is 14.8. The SMILES string of the molecule is O=C(CCC(=O)c1ccccc1)Nc1ccc(NS(=O)(=O)c2c(Cl)cccc2Cl)cc1. The summed E-state index contributed by atoms with van der Waals surface area (Å²) in [6, 6.07) is 19.3. The number of Topliss-reactive ketones (excluding diaryl/α,β-unsaturated/α-hetero) is 1. The van der Waals surface area contributed by atoms with Crippen LogP contribution in [0.15, 0.2) is 77.7 Å². The number of anilines is 2. The minimum Gasteiger partial charge on any atom is -0.326 e. The lowest BCUT2D eigenvalue weighted by molar-refractivity contribution is -0.116. The van der Waals surface area contributed by atoms with Crippen LogP contribution in [0.4, 0.5) is 11.4 Å². The second-order valence-corrected chi connectivity index (χ2v) is 9.00. The maximum absolute atomic E-state index is 12.6. The van der Waals surface area contributed by atoms with E-state index in [1.165, 1.54) is 24.3 Å². The standard InChI is InChI=1S/C22H18Cl2N2O4S/c23-18-7-4-8-19(24)22(18)31(29,30)26-17-11-9-16(10-12-17)25-21(28)14-13-20(27)15-5-2-1-3-6-15/h1-12,26H,13-14H2,(H,25,28). The summed E-state index contributed by atoms with van der Waals surface area (Å²) in [4.78, 5) is 24.0. The van der Waals surface area contributed by atoms with Crippen LogP contribution in [0.5, 0.6) is 0 Å². The molecule has 1 amide bonds. The molecule has 0 fully saturated rings. The molecule has 0 bridgehead atoms. The maximum atomic E-state index is 12.6. The molecule has 0 aromatic heterocycles. The van der Waals surface area contributed by atoms with E-state index in [1.807, 2.05) is 6.07 Å². The molecule has 0 aliphatic carbocycles.